The van der Waals surface area contributed by atoms with E-state index in [4.69, 9.17) is 9.15 Å². The largest absolute Gasteiger partial charge is 0.472 e. The van der Waals surface area contributed by atoms with Crippen LogP contribution in [-0.4, -0.2) is 48.6 Å². The minimum absolute atomic E-state index is 0.0128. The zero-order valence-corrected chi connectivity index (χ0v) is 11.1. The van der Waals surface area contributed by atoms with Crippen molar-refractivity contribution in [3.63, 3.8) is 0 Å². The monoisotopic (exact) mass is 266 g/mol. The van der Waals surface area contributed by atoms with E-state index in [0.29, 0.717) is 18.7 Å². The molecule has 0 aliphatic carbocycles. The summed E-state index contributed by atoms with van der Waals surface area (Å²) >= 11 is 0. The molecule has 0 bridgehead atoms. The second-order valence-electron chi connectivity index (χ2n) is 4.73. The molecule has 1 aromatic rings. The second-order valence-corrected chi connectivity index (χ2v) is 4.73. The number of morpholine rings is 1. The lowest BCUT2D eigenvalue weighted by atomic mass is 10.2. The molecule has 0 aromatic carbocycles. The van der Waals surface area contributed by atoms with Crippen LogP contribution in [0.15, 0.2) is 23.0 Å². The molecule has 2 amide bonds. The van der Waals surface area contributed by atoms with Crippen molar-refractivity contribution >= 4 is 11.8 Å². The van der Waals surface area contributed by atoms with Crippen molar-refractivity contribution in [2.24, 2.45) is 0 Å². The molecule has 1 N–H and O–H groups in total. The standard InChI is InChI=1S/C13H18N2O4/c1-9-7-19-10(2)6-15(9)12(16)5-14-13(17)11-3-4-18-8-11/h3-4,8-10H,5-7H2,1-2H3,(H,14,17). The fraction of sp³-hybridized carbons (Fsp3) is 0.538. The summed E-state index contributed by atoms with van der Waals surface area (Å²) in [6.45, 7) is 4.93. The maximum atomic E-state index is 12.1. The Bertz CT molecular complexity index is 444. The quantitative estimate of drug-likeness (QED) is 0.871. The van der Waals surface area contributed by atoms with Gasteiger partial charge in [0.05, 0.1) is 37.1 Å². The van der Waals surface area contributed by atoms with Crippen LogP contribution in [-0.2, 0) is 9.53 Å². The van der Waals surface area contributed by atoms with Crippen LogP contribution in [0.4, 0.5) is 0 Å². The van der Waals surface area contributed by atoms with Crippen molar-refractivity contribution in [2.75, 3.05) is 19.7 Å². The molecule has 2 heterocycles. The van der Waals surface area contributed by atoms with Crippen molar-refractivity contribution in [3.8, 4) is 0 Å². The Morgan fingerprint density at radius 2 is 2.26 bits per heavy atom. The third kappa shape index (κ3) is 3.35. The number of nitrogens with one attached hydrogen (secondary N) is 1. The van der Waals surface area contributed by atoms with Gasteiger partial charge in [0.1, 0.15) is 6.26 Å². The van der Waals surface area contributed by atoms with Crippen LogP contribution >= 0.6 is 0 Å². The van der Waals surface area contributed by atoms with E-state index in [2.05, 4.69) is 5.32 Å². The summed E-state index contributed by atoms with van der Waals surface area (Å²) < 4.78 is 10.3. The van der Waals surface area contributed by atoms with Gasteiger partial charge in [0, 0.05) is 6.54 Å². The van der Waals surface area contributed by atoms with E-state index < -0.39 is 0 Å². The van der Waals surface area contributed by atoms with Gasteiger partial charge >= 0.3 is 0 Å². The molecule has 2 rings (SSSR count). The van der Waals surface area contributed by atoms with E-state index in [1.54, 1.807) is 11.0 Å². The number of ether oxygens (including phenoxy) is 1. The lowest BCUT2D eigenvalue weighted by Gasteiger charge is -2.36. The van der Waals surface area contributed by atoms with Gasteiger partial charge in [0.15, 0.2) is 0 Å². The first-order valence-electron chi connectivity index (χ1n) is 6.29. The molecule has 0 radical (unpaired) electrons. The van der Waals surface area contributed by atoms with Gasteiger partial charge in [0.25, 0.3) is 5.91 Å². The summed E-state index contributed by atoms with van der Waals surface area (Å²) in [6, 6.07) is 1.59. The first-order chi connectivity index (χ1) is 9.08. The van der Waals surface area contributed by atoms with Crippen molar-refractivity contribution in [3.05, 3.63) is 24.2 Å². The summed E-state index contributed by atoms with van der Waals surface area (Å²) in [5.41, 5.74) is 0.413. The minimum Gasteiger partial charge on any atom is -0.472 e. The van der Waals surface area contributed by atoms with Gasteiger partial charge in [-0.3, -0.25) is 9.59 Å². The Hall–Kier alpha value is -1.82. The van der Waals surface area contributed by atoms with Gasteiger partial charge in [-0.15, -0.1) is 0 Å². The molecule has 104 valence electrons. The van der Waals surface area contributed by atoms with E-state index in [1.807, 2.05) is 13.8 Å². The summed E-state index contributed by atoms with van der Waals surface area (Å²) in [7, 11) is 0. The fourth-order valence-electron chi connectivity index (χ4n) is 2.00. The van der Waals surface area contributed by atoms with Gasteiger partial charge in [-0.25, -0.2) is 0 Å². The number of hydrogen-bond acceptors (Lipinski definition) is 4. The summed E-state index contributed by atoms with van der Waals surface area (Å²) in [5, 5.41) is 2.59. The van der Waals surface area contributed by atoms with Crippen LogP contribution in [0.2, 0.25) is 0 Å². The zero-order valence-electron chi connectivity index (χ0n) is 11.1. The van der Waals surface area contributed by atoms with Gasteiger partial charge < -0.3 is 19.4 Å². The molecule has 1 saturated heterocycles. The van der Waals surface area contributed by atoms with Crippen LogP contribution in [0, 0.1) is 0 Å². The molecular formula is C13H18N2O4. The third-order valence-electron chi connectivity index (χ3n) is 3.11. The molecule has 1 aromatic heterocycles. The van der Waals surface area contributed by atoms with E-state index in [1.165, 1.54) is 12.5 Å². The van der Waals surface area contributed by atoms with E-state index in [-0.39, 0.29) is 30.5 Å². The van der Waals surface area contributed by atoms with E-state index >= 15 is 0 Å². The molecule has 0 saturated carbocycles. The first kappa shape index (κ1) is 13.6. The lowest BCUT2D eigenvalue weighted by molar-refractivity contribution is -0.142. The van der Waals surface area contributed by atoms with Gasteiger partial charge in [0.2, 0.25) is 5.91 Å². The Morgan fingerprint density at radius 1 is 1.47 bits per heavy atom. The smallest absolute Gasteiger partial charge is 0.254 e. The average Bonchev–Trinajstić information content (AvgIpc) is 2.92. The number of amides is 2. The first-order valence-corrected chi connectivity index (χ1v) is 6.29. The van der Waals surface area contributed by atoms with Crippen LogP contribution in [0.25, 0.3) is 0 Å². The zero-order chi connectivity index (χ0) is 13.8. The molecule has 1 aliphatic heterocycles. The van der Waals surface area contributed by atoms with Gasteiger partial charge in [-0.2, -0.15) is 0 Å². The molecule has 0 spiro atoms. The highest BCUT2D eigenvalue weighted by atomic mass is 16.5. The van der Waals surface area contributed by atoms with Crippen molar-refractivity contribution < 1.29 is 18.7 Å². The van der Waals surface area contributed by atoms with Gasteiger partial charge in [-0.05, 0) is 19.9 Å². The number of hydrogen-bond donors (Lipinski definition) is 1. The second kappa shape index (κ2) is 5.88. The van der Waals surface area contributed by atoms with Crippen LogP contribution in [0.5, 0.6) is 0 Å². The van der Waals surface area contributed by atoms with Crippen LogP contribution in [0.3, 0.4) is 0 Å². The topological polar surface area (TPSA) is 71.8 Å². The molecule has 6 nitrogen and oxygen atoms in total. The third-order valence-corrected chi connectivity index (χ3v) is 3.11. The highest BCUT2D eigenvalue weighted by Gasteiger charge is 2.27. The predicted molar refractivity (Wildman–Crippen MR) is 67.6 cm³/mol. The SMILES string of the molecule is CC1CN(C(=O)CNC(=O)c2ccoc2)C(C)CO1. The molecule has 2 unspecified atom stereocenters. The van der Waals surface area contributed by atoms with E-state index in [0.717, 1.165) is 0 Å². The fourth-order valence-corrected chi connectivity index (χ4v) is 2.00. The highest BCUT2D eigenvalue weighted by molar-refractivity contribution is 5.96. The Morgan fingerprint density at radius 3 is 2.95 bits per heavy atom. The number of rotatable bonds is 3. The molecule has 1 fully saturated rings. The number of furan rings is 1. The Kier molecular flexibility index (Phi) is 4.21. The van der Waals surface area contributed by atoms with Crippen molar-refractivity contribution in [1.29, 1.82) is 0 Å². The van der Waals surface area contributed by atoms with Crippen LogP contribution < -0.4 is 5.32 Å². The highest BCUT2D eigenvalue weighted by Crippen LogP contribution is 2.11. The van der Waals surface area contributed by atoms with Crippen LogP contribution in [0.1, 0.15) is 24.2 Å². The predicted octanol–water partition coefficient (Wildman–Crippen LogP) is 0.645. The normalized spacial score (nSPS) is 23.2. The Balaban J connectivity index is 1.85. The lowest BCUT2D eigenvalue weighted by Crippen LogP contribution is -2.52. The van der Waals surface area contributed by atoms with Crippen molar-refractivity contribution in [1.82, 2.24) is 10.2 Å². The number of carbonyl (C=O) groups excluding carboxylic acids is 2. The summed E-state index contributed by atoms with van der Waals surface area (Å²) in [5.74, 6) is -0.407. The maximum Gasteiger partial charge on any atom is 0.254 e. The number of carbonyl (C=O) groups is 2. The molecule has 6 heteroatoms. The minimum atomic E-state index is -0.309. The Labute approximate surface area is 111 Å². The number of nitrogens with zero attached hydrogens (tertiary/aromatic N) is 1. The van der Waals surface area contributed by atoms with Crippen molar-refractivity contribution in [2.45, 2.75) is 26.0 Å². The molecular weight excluding hydrogens is 248 g/mol. The maximum absolute atomic E-state index is 12.1. The average molecular weight is 266 g/mol. The molecule has 1 aliphatic rings. The summed E-state index contributed by atoms with van der Waals surface area (Å²) in [6.07, 6.45) is 2.80. The van der Waals surface area contributed by atoms with E-state index in [9.17, 15) is 9.59 Å². The summed E-state index contributed by atoms with van der Waals surface area (Å²) in [4.78, 5) is 25.5. The molecule has 2 atom stereocenters. The molecule has 19 heavy (non-hydrogen) atoms. The van der Waals surface area contributed by atoms with Gasteiger partial charge in [-0.1, -0.05) is 0 Å².